The van der Waals surface area contributed by atoms with Crippen LogP contribution in [0.2, 0.25) is 0 Å². The van der Waals surface area contributed by atoms with Crippen LogP contribution in [0.3, 0.4) is 0 Å². The summed E-state index contributed by atoms with van der Waals surface area (Å²) < 4.78 is 13.5. The Morgan fingerprint density at radius 2 is 2.29 bits per heavy atom. The number of halogens is 1. The van der Waals surface area contributed by atoms with Gasteiger partial charge in [-0.1, -0.05) is 12.0 Å². The number of fused-ring (bicyclic) bond motifs is 1. The smallest absolute Gasteiger partial charge is 0.132 e. The molecule has 1 aromatic heterocycles. The molecular weight excluding hydrogens is 177 g/mol. The van der Waals surface area contributed by atoms with E-state index >= 15 is 0 Å². The Morgan fingerprint density at radius 3 is 3.00 bits per heavy atom. The molecule has 1 aromatic carbocycles. The molecule has 1 nitrogen and oxygen atoms in total. The van der Waals surface area contributed by atoms with Crippen molar-refractivity contribution in [1.82, 2.24) is 4.98 Å². The Balaban J connectivity index is 2.74. The van der Waals surface area contributed by atoms with Crippen molar-refractivity contribution in [2.45, 2.75) is 12.8 Å². The number of rotatable bonds is 1. The Labute approximate surface area is 81.9 Å². The van der Waals surface area contributed by atoms with E-state index in [0.717, 1.165) is 11.1 Å². The van der Waals surface area contributed by atoms with E-state index in [0.29, 0.717) is 5.39 Å². The lowest BCUT2D eigenvalue weighted by molar-refractivity contribution is 0.639. The summed E-state index contributed by atoms with van der Waals surface area (Å²) >= 11 is 0. The summed E-state index contributed by atoms with van der Waals surface area (Å²) in [4.78, 5) is 3.01. The highest BCUT2D eigenvalue weighted by molar-refractivity contribution is 5.84. The van der Waals surface area contributed by atoms with Gasteiger partial charge in [0.1, 0.15) is 5.82 Å². The van der Waals surface area contributed by atoms with Crippen molar-refractivity contribution in [3.8, 4) is 12.3 Å². The maximum Gasteiger partial charge on any atom is 0.132 e. The van der Waals surface area contributed by atoms with Crippen molar-refractivity contribution in [1.29, 1.82) is 0 Å². The van der Waals surface area contributed by atoms with E-state index in [-0.39, 0.29) is 11.7 Å². The third-order valence-corrected chi connectivity index (χ3v) is 2.40. The number of H-pyrrole nitrogens is 1. The Hall–Kier alpha value is -1.75. The highest BCUT2D eigenvalue weighted by Gasteiger charge is 2.11. The van der Waals surface area contributed by atoms with Crippen LogP contribution in [0, 0.1) is 18.2 Å². The molecule has 0 radical (unpaired) electrons. The van der Waals surface area contributed by atoms with E-state index in [9.17, 15) is 4.39 Å². The molecule has 0 bridgehead atoms. The SMILES string of the molecule is C#CC(C)c1c[nH]c2cccc(F)c12. The minimum absolute atomic E-state index is 0.0688. The third-order valence-electron chi connectivity index (χ3n) is 2.40. The topological polar surface area (TPSA) is 15.8 Å². The summed E-state index contributed by atoms with van der Waals surface area (Å²) in [5.74, 6) is 2.31. The fraction of sp³-hybridized carbons (Fsp3) is 0.167. The largest absolute Gasteiger partial charge is 0.361 e. The van der Waals surface area contributed by atoms with Gasteiger partial charge in [-0.25, -0.2) is 4.39 Å². The van der Waals surface area contributed by atoms with Gasteiger partial charge in [-0.3, -0.25) is 0 Å². The number of nitrogens with one attached hydrogen (secondary N) is 1. The number of aromatic amines is 1. The molecule has 0 fully saturated rings. The second-order valence-corrected chi connectivity index (χ2v) is 3.29. The Kier molecular flexibility index (Phi) is 2.01. The molecule has 70 valence electrons. The van der Waals surface area contributed by atoms with Gasteiger partial charge in [-0.15, -0.1) is 6.42 Å². The van der Waals surface area contributed by atoms with Gasteiger partial charge in [-0.2, -0.15) is 0 Å². The fourth-order valence-electron chi connectivity index (χ4n) is 1.60. The third kappa shape index (κ3) is 1.18. The molecular formula is C12H10FN. The first-order chi connectivity index (χ1) is 6.74. The lowest BCUT2D eigenvalue weighted by atomic mass is 10.0. The van der Waals surface area contributed by atoms with E-state index in [1.54, 1.807) is 12.3 Å². The van der Waals surface area contributed by atoms with Crippen LogP contribution in [-0.2, 0) is 0 Å². The first-order valence-corrected chi connectivity index (χ1v) is 4.45. The van der Waals surface area contributed by atoms with Gasteiger partial charge in [0.2, 0.25) is 0 Å². The van der Waals surface area contributed by atoms with Crippen molar-refractivity contribution in [3.05, 3.63) is 35.8 Å². The zero-order valence-corrected chi connectivity index (χ0v) is 7.84. The van der Waals surface area contributed by atoms with Crippen molar-refractivity contribution in [3.63, 3.8) is 0 Å². The highest BCUT2D eigenvalue weighted by atomic mass is 19.1. The molecule has 1 unspecified atom stereocenters. The molecule has 0 aliphatic heterocycles. The quantitative estimate of drug-likeness (QED) is 0.660. The Bertz CT molecular complexity index is 505. The van der Waals surface area contributed by atoms with Gasteiger partial charge in [0, 0.05) is 23.0 Å². The summed E-state index contributed by atoms with van der Waals surface area (Å²) in [7, 11) is 0. The van der Waals surface area contributed by atoms with Crippen LogP contribution in [0.4, 0.5) is 4.39 Å². The predicted octanol–water partition coefficient (Wildman–Crippen LogP) is 3.04. The fourth-order valence-corrected chi connectivity index (χ4v) is 1.60. The number of hydrogen-bond acceptors (Lipinski definition) is 0. The molecule has 1 N–H and O–H groups in total. The molecule has 0 aliphatic carbocycles. The van der Waals surface area contributed by atoms with Gasteiger partial charge in [0.05, 0.1) is 0 Å². The minimum atomic E-state index is -0.221. The molecule has 0 spiro atoms. The van der Waals surface area contributed by atoms with Gasteiger partial charge in [0.15, 0.2) is 0 Å². The Morgan fingerprint density at radius 1 is 1.50 bits per heavy atom. The molecule has 0 saturated heterocycles. The molecule has 2 aromatic rings. The molecule has 1 atom stereocenters. The average molecular weight is 187 g/mol. The standard InChI is InChI=1S/C12H10FN/c1-3-8(2)9-7-14-11-6-4-5-10(13)12(9)11/h1,4-8,14H,2H3. The minimum Gasteiger partial charge on any atom is -0.361 e. The highest BCUT2D eigenvalue weighted by Crippen LogP contribution is 2.26. The predicted molar refractivity (Wildman–Crippen MR) is 55.5 cm³/mol. The zero-order valence-electron chi connectivity index (χ0n) is 7.84. The van der Waals surface area contributed by atoms with Gasteiger partial charge in [-0.05, 0) is 24.6 Å². The maximum atomic E-state index is 13.5. The van der Waals surface area contributed by atoms with Crippen LogP contribution in [0.1, 0.15) is 18.4 Å². The molecule has 2 rings (SSSR count). The lowest BCUT2D eigenvalue weighted by Gasteiger charge is -2.01. The van der Waals surface area contributed by atoms with Gasteiger partial charge >= 0.3 is 0 Å². The van der Waals surface area contributed by atoms with E-state index in [1.807, 2.05) is 13.0 Å². The van der Waals surface area contributed by atoms with Crippen LogP contribution in [0.25, 0.3) is 10.9 Å². The lowest BCUT2D eigenvalue weighted by Crippen LogP contribution is -1.88. The summed E-state index contributed by atoms with van der Waals surface area (Å²) in [5.41, 5.74) is 1.64. The maximum absolute atomic E-state index is 13.5. The van der Waals surface area contributed by atoms with Crippen LogP contribution in [-0.4, -0.2) is 4.98 Å². The number of hydrogen-bond donors (Lipinski definition) is 1. The normalized spacial score (nSPS) is 12.6. The number of aromatic nitrogens is 1. The summed E-state index contributed by atoms with van der Waals surface area (Å²) in [5, 5.41) is 0.609. The van der Waals surface area contributed by atoms with Crippen LogP contribution < -0.4 is 0 Å². The van der Waals surface area contributed by atoms with E-state index in [2.05, 4.69) is 10.9 Å². The monoisotopic (exact) mass is 187 g/mol. The van der Waals surface area contributed by atoms with Gasteiger partial charge in [0.25, 0.3) is 0 Å². The summed E-state index contributed by atoms with van der Waals surface area (Å²) in [6.45, 7) is 1.88. The van der Waals surface area contributed by atoms with Crippen LogP contribution >= 0.6 is 0 Å². The second-order valence-electron chi connectivity index (χ2n) is 3.29. The first-order valence-electron chi connectivity index (χ1n) is 4.45. The van der Waals surface area contributed by atoms with Crippen molar-refractivity contribution >= 4 is 10.9 Å². The van der Waals surface area contributed by atoms with Gasteiger partial charge < -0.3 is 4.98 Å². The molecule has 1 heterocycles. The zero-order chi connectivity index (χ0) is 10.1. The second kappa shape index (κ2) is 3.19. The van der Waals surface area contributed by atoms with E-state index < -0.39 is 0 Å². The van der Waals surface area contributed by atoms with Crippen molar-refractivity contribution < 1.29 is 4.39 Å². The van der Waals surface area contributed by atoms with Crippen LogP contribution in [0.5, 0.6) is 0 Å². The summed E-state index contributed by atoms with van der Waals surface area (Å²) in [6.07, 6.45) is 7.09. The first kappa shape index (κ1) is 8.83. The van der Waals surface area contributed by atoms with Crippen LogP contribution in [0.15, 0.2) is 24.4 Å². The summed E-state index contributed by atoms with van der Waals surface area (Å²) in [6, 6.07) is 4.96. The van der Waals surface area contributed by atoms with Crippen molar-refractivity contribution in [2.24, 2.45) is 0 Å². The number of terminal acetylenes is 1. The molecule has 0 aliphatic rings. The molecule has 2 heteroatoms. The van der Waals surface area contributed by atoms with Crippen molar-refractivity contribution in [2.75, 3.05) is 0 Å². The molecule has 14 heavy (non-hydrogen) atoms. The molecule has 0 saturated carbocycles. The van der Waals surface area contributed by atoms with E-state index in [1.165, 1.54) is 6.07 Å². The number of benzene rings is 1. The molecule has 0 amide bonds. The van der Waals surface area contributed by atoms with E-state index in [4.69, 9.17) is 6.42 Å². The average Bonchev–Trinajstić information content (AvgIpc) is 2.62.